The number of hydrogen-bond acceptors (Lipinski definition) is 4. The van der Waals surface area contributed by atoms with Crippen LogP contribution in [0.4, 0.5) is 0 Å². The largest absolute Gasteiger partial charge is 0.379 e. The molecule has 0 saturated heterocycles. The average molecular weight is 243 g/mol. The van der Waals surface area contributed by atoms with Crippen LogP contribution in [0.15, 0.2) is 11.4 Å². The van der Waals surface area contributed by atoms with E-state index in [9.17, 15) is 0 Å². The van der Waals surface area contributed by atoms with Gasteiger partial charge < -0.3 is 15.2 Å². The Hall–Kier alpha value is -0.420. The maximum atomic E-state index is 5.95. The molecule has 3 nitrogen and oxygen atoms in total. The van der Waals surface area contributed by atoms with Crippen LogP contribution in [0.1, 0.15) is 30.4 Å². The first-order valence-electron chi connectivity index (χ1n) is 5.65. The molecule has 0 bridgehead atoms. The summed E-state index contributed by atoms with van der Waals surface area (Å²) in [4.78, 5) is 1.23. The number of hydrogen-bond donors (Lipinski definition) is 1. The molecule has 1 aromatic heterocycles. The van der Waals surface area contributed by atoms with Crippen molar-refractivity contribution in [1.29, 1.82) is 0 Å². The number of aryl methyl sites for hydroxylation is 1. The normalized spacial score (nSPS) is 15.0. The van der Waals surface area contributed by atoms with Gasteiger partial charge in [-0.05, 0) is 37.8 Å². The van der Waals surface area contributed by atoms with Gasteiger partial charge in [0.2, 0.25) is 0 Å². The number of ether oxygens (including phenoxy) is 2. The quantitative estimate of drug-likeness (QED) is 0.748. The molecule has 1 heterocycles. The minimum absolute atomic E-state index is 0.000948. The Morgan fingerprint density at radius 2 is 2.19 bits per heavy atom. The van der Waals surface area contributed by atoms with E-state index in [4.69, 9.17) is 15.2 Å². The van der Waals surface area contributed by atoms with E-state index in [1.165, 1.54) is 10.4 Å². The zero-order chi connectivity index (χ0) is 12.0. The van der Waals surface area contributed by atoms with E-state index < -0.39 is 0 Å². The minimum Gasteiger partial charge on any atom is -0.379 e. The number of nitrogens with two attached hydrogens (primary N) is 1. The van der Waals surface area contributed by atoms with Crippen molar-refractivity contribution in [2.75, 3.05) is 19.8 Å². The Bertz CT molecular complexity index is 299. The summed E-state index contributed by atoms with van der Waals surface area (Å²) < 4.78 is 11.0. The molecule has 2 atom stereocenters. The van der Waals surface area contributed by atoms with Gasteiger partial charge in [0.05, 0.1) is 13.2 Å². The molecular weight excluding hydrogens is 222 g/mol. The van der Waals surface area contributed by atoms with Crippen molar-refractivity contribution in [2.24, 2.45) is 5.73 Å². The van der Waals surface area contributed by atoms with E-state index in [1.807, 2.05) is 13.8 Å². The van der Waals surface area contributed by atoms with Gasteiger partial charge in [0.25, 0.3) is 0 Å². The third kappa shape index (κ3) is 3.87. The summed E-state index contributed by atoms with van der Waals surface area (Å²) >= 11 is 1.70. The molecule has 2 unspecified atom stereocenters. The second-order valence-corrected chi connectivity index (χ2v) is 4.76. The van der Waals surface area contributed by atoms with Crippen LogP contribution in [0.2, 0.25) is 0 Å². The molecule has 0 saturated carbocycles. The van der Waals surface area contributed by atoms with Crippen LogP contribution in [-0.4, -0.2) is 25.9 Å². The van der Waals surface area contributed by atoms with Gasteiger partial charge in [0.15, 0.2) is 0 Å². The number of thiophene rings is 1. The average Bonchev–Trinajstić information content (AvgIpc) is 2.64. The zero-order valence-electron chi connectivity index (χ0n) is 10.2. The van der Waals surface area contributed by atoms with Crippen LogP contribution >= 0.6 is 11.3 Å². The van der Waals surface area contributed by atoms with E-state index in [0.717, 1.165) is 6.61 Å². The van der Waals surface area contributed by atoms with Gasteiger partial charge in [-0.2, -0.15) is 0 Å². The summed E-state index contributed by atoms with van der Waals surface area (Å²) in [7, 11) is 0. The number of rotatable bonds is 7. The zero-order valence-corrected chi connectivity index (χ0v) is 11.0. The summed E-state index contributed by atoms with van der Waals surface area (Å²) in [5.74, 6) is 0. The van der Waals surface area contributed by atoms with Crippen molar-refractivity contribution in [1.82, 2.24) is 0 Å². The maximum absolute atomic E-state index is 5.95. The summed E-state index contributed by atoms with van der Waals surface area (Å²) in [6.07, 6.45) is -0.0135. The van der Waals surface area contributed by atoms with E-state index in [0.29, 0.717) is 13.2 Å². The molecule has 0 aromatic carbocycles. The first kappa shape index (κ1) is 13.6. The lowest BCUT2D eigenvalue weighted by molar-refractivity contribution is -0.00105. The molecule has 1 rings (SSSR count). The van der Waals surface area contributed by atoms with Crippen LogP contribution in [0.5, 0.6) is 0 Å². The molecule has 0 fully saturated rings. The predicted octanol–water partition coefficient (Wildman–Crippen LogP) is 2.50. The molecule has 0 aliphatic rings. The Balaban J connectivity index is 2.52. The van der Waals surface area contributed by atoms with Gasteiger partial charge in [0.1, 0.15) is 6.10 Å². The fourth-order valence-corrected chi connectivity index (χ4v) is 2.61. The van der Waals surface area contributed by atoms with Gasteiger partial charge in [-0.1, -0.05) is 0 Å². The van der Waals surface area contributed by atoms with Gasteiger partial charge >= 0.3 is 0 Å². The van der Waals surface area contributed by atoms with Crippen molar-refractivity contribution in [3.05, 3.63) is 21.9 Å². The lowest BCUT2D eigenvalue weighted by Crippen LogP contribution is -2.27. The third-order valence-electron chi connectivity index (χ3n) is 2.37. The van der Waals surface area contributed by atoms with Gasteiger partial charge in [-0.3, -0.25) is 0 Å². The standard InChI is InChI=1S/C12H21NO2S/c1-4-14-6-7-15-11(10(3)13)12-9(2)5-8-16-12/h5,8,10-11H,4,6-7,13H2,1-3H3. The van der Waals surface area contributed by atoms with E-state index >= 15 is 0 Å². The Kier molecular flexibility index (Phi) is 5.98. The van der Waals surface area contributed by atoms with Crippen molar-refractivity contribution in [2.45, 2.75) is 32.9 Å². The first-order valence-corrected chi connectivity index (χ1v) is 6.53. The summed E-state index contributed by atoms with van der Waals surface area (Å²) in [5.41, 5.74) is 7.21. The Morgan fingerprint density at radius 1 is 1.44 bits per heavy atom. The molecule has 0 radical (unpaired) electrons. The highest BCUT2D eigenvalue weighted by Crippen LogP contribution is 2.28. The molecule has 16 heavy (non-hydrogen) atoms. The van der Waals surface area contributed by atoms with Gasteiger partial charge in [-0.15, -0.1) is 11.3 Å². The van der Waals surface area contributed by atoms with Gasteiger partial charge in [0, 0.05) is 17.5 Å². The van der Waals surface area contributed by atoms with Crippen molar-refractivity contribution >= 4 is 11.3 Å². The summed E-state index contributed by atoms with van der Waals surface area (Å²) in [6, 6.07) is 2.10. The summed E-state index contributed by atoms with van der Waals surface area (Å²) in [5, 5.41) is 2.08. The predicted molar refractivity (Wildman–Crippen MR) is 67.9 cm³/mol. The fraction of sp³-hybridized carbons (Fsp3) is 0.667. The van der Waals surface area contributed by atoms with Crippen molar-refractivity contribution in [3.8, 4) is 0 Å². The van der Waals surface area contributed by atoms with Crippen LogP contribution in [-0.2, 0) is 9.47 Å². The van der Waals surface area contributed by atoms with E-state index in [2.05, 4.69) is 18.4 Å². The molecule has 0 amide bonds. The van der Waals surface area contributed by atoms with Crippen LogP contribution < -0.4 is 5.73 Å². The highest BCUT2D eigenvalue weighted by Gasteiger charge is 2.19. The fourth-order valence-electron chi connectivity index (χ4n) is 1.52. The molecule has 1 aromatic rings. The lowest BCUT2D eigenvalue weighted by atomic mass is 10.1. The van der Waals surface area contributed by atoms with Crippen LogP contribution in [0, 0.1) is 6.92 Å². The second kappa shape index (κ2) is 7.01. The Labute approximate surface area is 102 Å². The summed E-state index contributed by atoms with van der Waals surface area (Å²) in [6.45, 7) is 8.00. The maximum Gasteiger partial charge on any atom is 0.107 e. The molecule has 92 valence electrons. The molecule has 2 N–H and O–H groups in total. The SMILES string of the molecule is CCOCCOC(c1sccc1C)C(C)N. The van der Waals surface area contributed by atoms with Crippen LogP contribution in [0.3, 0.4) is 0 Å². The van der Waals surface area contributed by atoms with E-state index in [1.54, 1.807) is 11.3 Å². The Morgan fingerprint density at radius 3 is 2.69 bits per heavy atom. The molecular formula is C12H21NO2S. The highest BCUT2D eigenvalue weighted by molar-refractivity contribution is 7.10. The topological polar surface area (TPSA) is 44.5 Å². The lowest BCUT2D eigenvalue weighted by Gasteiger charge is -2.21. The highest BCUT2D eigenvalue weighted by atomic mass is 32.1. The minimum atomic E-state index is -0.0135. The monoisotopic (exact) mass is 243 g/mol. The molecule has 4 heteroatoms. The van der Waals surface area contributed by atoms with Crippen molar-refractivity contribution < 1.29 is 9.47 Å². The molecule has 0 aliphatic carbocycles. The smallest absolute Gasteiger partial charge is 0.107 e. The van der Waals surface area contributed by atoms with Crippen LogP contribution in [0.25, 0.3) is 0 Å². The second-order valence-electron chi connectivity index (χ2n) is 3.82. The van der Waals surface area contributed by atoms with E-state index in [-0.39, 0.29) is 12.1 Å². The first-order chi connectivity index (χ1) is 7.66. The van der Waals surface area contributed by atoms with Crippen molar-refractivity contribution in [3.63, 3.8) is 0 Å². The third-order valence-corrected chi connectivity index (χ3v) is 3.45. The van der Waals surface area contributed by atoms with Gasteiger partial charge in [-0.25, -0.2) is 0 Å². The molecule has 0 spiro atoms. The molecule has 0 aliphatic heterocycles.